The topological polar surface area (TPSA) is 12.0 Å². The summed E-state index contributed by atoms with van der Waals surface area (Å²) >= 11 is 3.49. The lowest BCUT2D eigenvalue weighted by Crippen LogP contribution is -2.19. The van der Waals surface area contributed by atoms with Crippen molar-refractivity contribution in [3.63, 3.8) is 0 Å². The second-order valence-corrected chi connectivity index (χ2v) is 5.98. The summed E-state index contributed by atoms with van der Waals surface area (Å²) in [7, 11) is 1.94. The van der Waals surface area contributed by atoms with Crippen molar-refractivity contribution in [3.8, 4) is 0 Å². The van der Waals surface area contributed by atoms with E-state index in [1.807, 2.05) is 7.05 Å². The van der Waals surface area contributed by atoms with Crippen LogP contribution in [0.15, 0.2) is 40.9 Å². The molecule has 0 bridgehead atoms. The first-order chi connectivity index (χ1) is 9.51. The predicted molar refractivity (Wildman–Crippen MR) is 85.5 cm³/mol. The number of aryl methyl sites for hydroxylation is 2. The molecule has 0 spiro atoms. The molecule has 0 aliphatic heterocycles. The molecular formula is C17H19BrFN. The summed E-state index contributed by atoms with van der Waals surface area (Å²) in [5.74, 6) is -0.196. The summed E-state index contributed by atoms with van der Waals surface area (Å²) in [5.41, 5.74) is 4.77. The highest BCUT2D eigenvalue weighted by molar-refractivity contribution is 9.10. The fraction of sp³-hybridized carbons (Fsp3) is 0.294. The number of hydrogen-bond acceptors (Lipinski definition) is 1. The minimum atomic E-state index is -0.196. The van der Waals surface area contributed by atoms with Crippen LogP contribution in [0.5, 0.6) is 0 Å². The summed E-state index contributed by atoms with van der Waals surface area (Å²) in [6.07, 6.45) is 0.747. The third-order valence-corrected chi connectivity index (χ3v) is 4.49. The standard InChI is InChI=1S/C17H19BrFN/c1-11-4-5-13(8-12(11)2)17(20-3)10-14-9-15(19)6-7-16(14)18/h4-9,17,20H,10H2,1-3H3. The van der Waals surface area contributed by atoms with Crippen molar-refractivity contribution >= 4 is 15.9 Å². The first kappa shape index (κ1) is 15.2. The van der Waals surface area contributed by atoms with Gasteiger partial charge in [0, 0.05) is 10.5 Å². The molecule has 1 nitrogen and oxygen atoms in total. The average Bonchev–Trinajstić information content (AvgIpc) is 2.43. The van der Waals surface area contributed by atoms with Gasteiger partial charge in [0.15, 0.2) is 0 Å². The molecule has 3 heteroatoms. The molecule has 2 aromatic rings. The number of nitrogens with one attached hydrogen (secondary N) is 1. The molecule has 0 aliphatic rings. The summed E-state index contributed by atoms with van der Waals surface area (Å²) in [6, 6.07) is 11.5. The van der Waals surface area contributed by atoms with Crippen molar-refractivity contribution < 1.29 is 4.39 Å². The van der Waals surface area contributed by atoms with Crippen LogP contribution in [0.2, 0.25) is 0 Å². The third-order valence-electron chi connectivity index (χ3n) is 3.71. The Hall–Kier alpha value is -1.19. The van der Waals surface area contributed by atoms with Gasteiger partial charge in [-0.2, -0.15) is 0 Å². The van der Waals surface area contributed by atoms with Crippen LogP contribution in [0.4, 0.5) is 4.39 Å². The highest BCUT2D eigenvalue weighted by Crippen LogP contribution is 2.25. The Kier molecular flexibility index (Phi) is 4.95. The summed E-state index contributed by atoms with van der Waals surface area (Å²) in [6.45, 7) is 4.22. The molecule has 2 rings (SSSR count). The molecule has 0 aromatic heterocycles. The Labute approximate surface area is 128 Å². The molecule has 0 heterocycles. The van der Waals surface area contributed by atoms with Crippen LogP contribution in [0.25, 0.3) is 0 Å². The van der Waals surface area contributed by atoms with Gasteiger partial charge in [0.1, 0.15) is 5.82 Å². The van der Waals surface area contributed by atoms with Gasteiger partial charge in [-0.25, -0.2) is 4.39 Å². The van der Waals surface area contributed by atoms with Crippen molar-refractivity contribution in [1.29, 1.82) is 0 Å². The van der Waals surface area contributed by atoms with Crippen LogP contribution in [-0.2, 0) is 6.42 Å². The molecule has 0 aliphatic carbocycles. The van der Waals surface area contributed by atoms with Crippen LogP contribution in [0.1, 0.15) is 28.3 Å². The van der Waals surface area contributed by atoms with Gasteiger partial charge in [0.2, 0.25) is 0 Å². The van der Waals surface area contributed by atoms with Gasteiger partial charge in [-0.3, -0.25) is 0 Å². The van der Waals surface area contributed by atoms with Gasteiger partial charge in [-0.1, -0.05) is 34.1 Å². The SMILES string of the molecule is CNC(Cc1cc(F)ccc1Br)c1ccc(C)c(C)c1. The fourth-order valence-electron chi connectivity index (χ4n) is 2.29. The number of benzene rings is 2. The monoisotopic (exact) mass is 335 g/mol. The van der Waals surface area contributed by atoms with Crippen molar-refractivity contribution in [2.45, 2.75) is 26.3 Å². The largest absolute Gasteiger partial charge is 0.313 e. The zero-order chi connectivity index (χ0) is 14.7. The number of likely N-dealkylation sites (N-methyl/N-ethyl adjacent to an activating group) is 1. The van der Waals surface area contributed by atoms with Gasteiger partial charge >= 0.3 is 0 Å². The van der Waals surface area contributed by atoms with E-state index in [4.69, 9.17) is 0 Å². The number of halogens is 2. The molecule has 2 aromatic carbocycles. The van der Waals surface area contributed by atoms with E-state index >= 15 is 0 Å². The van der Waals surface area contributed by atoms with Crippen LogP contribution >= 0.6 is 15.9 Å². The van der Waals surface area contributed by atoms with Crippen molar-refractivity contribution in [2.24, 2.45) is 0 Å². The van der Waals surface area contributed by atoms with Crippen LogP contribution in [0.3, 0.4) is 0 Å². The zero-order valence-electron chi connectivity index (χ0n) is 12.0. The lowest BCUT2D eigenvalue weighted by Gasteiger charge is -2.19. The lowest BCUT2D eigenvalue weighted by atomic mass is 9.96. The van der Waals surface area contributed by atoms with Crippen LogP contribution < -0.4 is 5.32 Å². The molecular weight excluding hydrogens is 317 g/mol. The molecule has 1 N–H and O–H groups in total. The summed E-state index contributed by atoms with van der Waals surface area (Å²) in [5, 5.41) is 3.32. The van der Waals surface area contributed by atoms with Gasteiger partial charge < -0.3 is 5.32 Å². The van der Waals surface area contributed by atoms with E-state index in [1.54, 1.807) is 12.1 Å². The maximum absolute atomic E-state index is 13.4. The normalized spacial score (nSPS) is 12.4. The Bertz CT molecular complexity index is 610. The van der Waals surface area contributed by atoms with E-state index in [0.29, 0.717) is 0 Å². The fourth-order valence-corrected chi connectivity index (χ4v) is 2.70. The molecule has 1 atom stereocenters. The lowest BCUT2D eigenvalue weighted by molar-refractivity contribution is 0.582. The van der Waals surface area contributed by atoms with E-state index in [0.717, 1.165) is 16.5 Å². The Morgan fingerprint density at radius 2 is 1.85 bits per heavy atom. The maximum atomic E-state index is 13.4. The quantitative estimate of drug-likeness (QED) is 0.853. The molecule has 20 heavy (non-hydrogen) atoms. The van der Waals surface area contributed by atoms with Crippen molar-refractivity contribution in [2.75, 3.05) is 7.05 Å². The summed E-state index contributed by atoms with van der Waals surface area (Å²) < 4.78 is 14.3. The number of rotatable bonds is 4. The molecule has 0 saturated heterocycles. The van der Waals surface area contributed by atoms with Crippen LogP contribution in [-0.4, -0.2) is 7.05 Å². The highest BCUT2D eigenvalue weighted by Gasteiger charge is 2.13. The van der Waals surface area contributed by atoms with Crippen molar-refractivity contribution in [1.82, 2.24) is 5.32 Å². The maximum Gasteiger partial charge on any atom is 0.123 e. The van der Waals surface area contributed by atoms with E-state index in [1.165, 1.54) is 22.8 Å². The molecule has 0 radical (unpaired) electrons. The van der Waals surface area contributed by atoms with E-state index < -0.39 is 0 Å². The molecule has 0 saturated carbocycles. The van der Waals surface area contributed by atoms with Gasteiger partial charge in [-0.15, -0.1) is 0 Å². The highest BCUT2D eigenvalue weighted by atomic mass is 79.9. The molecule has 1 unspecified atom stereocenters. The zero-order valence-corrected chi connectivity index (χ0v) is 13.6. The minimum absolute atomic E-state index is 0.174. The second-order valence-electron chi connectivity index (χ2n) is 5.12. The van der Waals surface area contributed by atoms with E-state index in [-0.39, 0.29) is 11.9 Å². The molecule has 0 amide bonds. The minimum Gasteiger partial charge on any atom is -0.313 e. The summed E-state index contributed by atoms with van der Waals surface area (Å²) in [4.78, 5) is 0. The predicted octanol–water partition coefficient (Wildman–Crippen LogP) is 4.71. The van der Waals surface area contributed by atoms with E-state index in [2.05, 4.69) is 53.3 Å². The Morgan fingerprint density at radius 3 is 2.50 bits per heavy atom. The third kappa shape index (κ3) is 3.47. The Morgan fingerprint density at radius 1 is 1.10 bits per heavy atom. The van der Waals surface area contributed by atoms with Crippen LogP contribution in [0, 0.1) is 19.7 Å². The van der Waals surface area contributed by atoms with E-state index in [9.17, 15) is 4.39 Å². The molecule has 0 fully saturated rings. The Balaban J connectivity index is 2.28. The van der Waals surface area contributed by atoms with Gasteiger partial charge in [-0.05, 0) is 67.8 Å². The number of hydrogen-bond donors (Lipinski definition) is 1. The molecule has 106 valence electrons. The van der Waals surface area contributed by atoms with Crippen molar-refractivity contribution in [3.05, 3.63) is 68.9 Å². The smallest absolute Gasteiger partial charge is 0.123 e. The van der Waals surface area contributed by atoms with Gasteiger partial charge in [0.05, 0.1) is 0 Å². The first-order valence-electron chi connectivity index (χ1n) is 6.69. The average molecular weight is 336 g/mol. The first-order valence-corrected chi connectivity index (χ1v) is 7.49. The van der Waals surface area contributed by atoms with Gasteiger partial charge in [0.25, 0.3) is 0 Å². The second kappa shape index (κ2) is 6.51.